The third-order valence-corrected chi connectivity index (χ3v) is 5.61. The molecule has 1 heterocycles. The molecule has 1 nitrogen and oxygen atoms in total. The summed E-state index contributed by atoms with van der Waals surface area (Å²) < 4.78 is 13.6. The van der Waals surface area contributed by atoms with E-state index in [9.17, 15) is 4.39 Å². The van der Waals surface area contributed by atoms with E-state index in [1.165, 1.54) is 33.5 Å². The molecule has 0 aliphatic heterocycles. The smallest absolute Gasteiger partial charge is 0.123 e. The highest BCUT2D eigenvalue weighted by Gasteiger charge is 2.24. The lowest BCUT2D eigenvalue weighted by Crippen LogP contribution is -2.08. The topological polar surface area (TPSA) is 12.9 Å². The molecule has 0 bridgehead atoms. The second kappa shape index (κ2) is 7.26. The van der Waals surface area contributed by atoms with Crippen molar-refractivity contribution in [3.63, 3.8) is 0 Å². The summed E-state index contributed by atoms with van der Waals surface area (Å²) in [5.41, 5.74) is 9.97. The van der Waals surface area contributed by atoms with Crippen molar-refractivity contribution in [3.8, 4) is 22.4 Å². The quantitative estimate of drug-likeness (QED) is 0.505. The van der Waals surface area contributed by atoms with Gasteiger partial charge in [-0.15, -0.1) is 0 Å². The standard InChI is InChI=1S/C25H26FN/c1-4-20-23(18-12-14-19(26)15-13-18)22-11-7-9-17-8-5-6-10-21(17)25(22)27-24(20)16(2)3/h5-6,8,10,12-16H,4,7,9,11H2,1-3H3. The summed E-state index contributed by atoms with van der Waals surface area (Å²) in [4.78, 5) is 5.21. The van der Waals surface area contributed by atoms with Crippen molar-refractivity contribution < 1.29 is 4.39 Å². The highest BCUT2D eigenvalue weighted by Crippen LogP contribution is 2.41. The summed E-state index contributed by atoms with van der Waals surface area (Å²) in [5, 5.41) is 0. The van der Waals surface area contributed by atoms with Crippen LogP contribution in [0.2, 0.25) is 0 Å². The minimum Gasteiger partial charge on any atom is -0.252 e. The number of rotatable bonds is 3. The second-order valence-electron chi connectivity index (χ2n) is 7.70. The molecule has 0 radical (unpaired) electrons. The van der Waals surface area contributed by atoms with E-state index in [4.69, 9.17) is 4.98 Å². The molecule has 0 unspecified atom stereocenters. The SMILES string of the molecule is CCc1c(C(C)C)nc2c(c1-c1ccc(F)cc1)CCCc1ccccc1-2. The van der Waals surface area contributed by atoms with Crippen LogP contribution in [0.4, 0.5) is 4.39 Å². The molecule has 1 aliphatic carbocycles. The monoisotopic (exact) mass is 359 g/mol. The number of benzene rings is 2. The molecule has 2 heteroatoms. The predicted molar refractivity (Wildman–Crippen MR) is 111 cm³/mol. The Morgan fingerprint density at radius 2 is 1.74 bits per heavy atom. The normalized spacial score (nSPS) is 13.2. The van der Waals surface area contributed by atoms with E-state index in [-0.39, 0.29) is 5.82 Å². The summed E-state index contributed by atoms with van der Waals surface area (Å²) in [6.45, 7) is 6.63. The Hall–Kier alpha value is -2.48. The van der Waals surface area contributed by atoms with Crippen molar-refractivity contribution in [2.75, 3.05) is 0 Å². The zero-order chi connectivity index (χ0) is 19.0. The Balaban J connectivity index is 2.09. The van der Waals surface area contributed by atoms with Crippen LogP contribution in [0.15, 0.2) is 48.5 Å². The largest absolute Gasteiger partial charge is 0.252 e. The van der Waals surface area contributed by atoms with Gasteiger partial charge in [0.1, 0.15) is 5.82 Å². The van der Waals surface area contributed by atoms with Crippen LogP contribution in [0.1, 0.15) is 55.5 Å². The third-order valence-electron chi connectivity index (χ3n) is 5.61. The Morgan fingerprint density at radius 3 is 2.44 bits per heavy atom. The van der Waals surface area contributed by atoms with Gasteiger partial charge in [-0.25, -0.2) is 4.39 Å². The molecule has 1 aliphatic rings. The van der Waals surface area contributed by atoms with Crippen LogP contribution in [0.3, 0.4) is 0 Å². The molecule has 0 amide bonds. The zero-order valence-electron chi connectivity index (χ0n) is 16.3. The van der Waals surface area contributed by atoms with E-state index < -0.39 is 0 Å². The molecule has 0 spiro atoms. The first kappa shape index (κ1) is 17.9. The average molecular weight is 359 g/mol. The van der Waals surface area contributed by atoms with Gasteiger partial charge in [-0.2, -0.15) is 0 Å². The number of halogens is 1. The maximum Gasteiger partial charge on any atom is 0.123 e. The molecule has 138 valence electrons. The van der Waals surface area contributed by atoms with Crippen molar-refractivity contribution in [1.29, 1.82) is 0 Å². The van der Waals surface area contributed by atoms with Crippen molar-refractivity contribution in [3.05, 3.63) is 76.7 Å². The van der Waals surface area contributed by atoms with Gasteiger partial charge in [-0.05, 0) is 71.6 Å². The van der Waals surface area contributed by atoms with E-state index in [1.807, 2.05) is 12.1 Å². The summed E-state index contributed by atoms with van der Waals surface area (Å²) in [7, 11) is 0. The molecule has 2 aromatic carbocycles. The fraction of sp³-hybridized carbons (Fsp3) is 0.320. The van der Waals surface area contributed by atoms with Crippen LogP contribution in [-0.4, -0.2) is 4.98 Å². The molecule has 27 heavy (non-hydrogen) atoms. The molecule has 0 fully saturated rings. The molecule has 1 aromatic heterocycles. The van der Waals surface area contributed by atoms with Crippen LogP contribution < -0.4 is 0 Å². The lowest BCUT2D eigenvalue weighted by Gasteiger charge is -2.22. The maximum atomic E-state index is 13.6. The van der Waals surface area contributed by atoms with Gasteiger partial charge < -0.3 is 0 Å². The van der Waals surface area contributed by atoms with E-state index in [2.05, 4.69) is 45.0 Å². The Morgan fingerprint density at radius 1 is 1.00 bits per heavy atom. The highest BCUT2D eigenvalue weighted by atomic mass is 19.1. The van der Waals surface area contributed by atoms with E-state index in [1.54, 1.807) is 12.1 Å². The predicted octanol–water partition coefficient (Wildman–Crippen LogP) is 6.73. The minimum absolute atomic E-state index is 0.189. The first-order chi connectivity index (χ1) is 13.1. The number of pyridine rings is 1. The first-order valence-electron chi connectivity index (χ1n) is 10.00. The van der Waals surface area contributed by atoms with Crippen LogP contribution in [0.25, 0.3) is 22.4 Å². The average Bonchev–Trinajstić information content (AvgIpc) is 2.86. The van der Waals surface area contributed by atoms with Crippen molar-refractivity contribution >= 4 is 0 Å². The number of fused-ring (bicyclic) bond motifs is 3. The summed E-state index contributed by atoms with van der Waals surface area (Å²) in [5.74, 6) is 0.159. The number of hydrogen-bond donors (Lipinski definition) is 0. The summed E-state index contributed by atoms with van der Waals surface area (Å²) >= 11 is 0. The van der Waals surface area contributed by atoms with Crippen LogP contribution in [0.5, 0.6) is 0 Å². The zero-order valence-corrected chi connectivity index (χ0v) is 16.3. The van der Waals surface area contributed by atoms with Crippen molar-refractivity contribution in [1.82, 2.24) is 4.98 Å². The fourth-order valence-corrected chi connectivity index (χ4v) is 4.38. The lowest BCUT2D eigenvalue weighted by molar-refractivity contribution is 0.628. The Labute approximate surface area is 161 Å². The highest BCUT2D eigenvalue weighted by molar-refractivity contribution is 5.81. The Bertz CT molecular complexity index is 970. The van der Waals surface area contributed by atoms with Gasteiger partial charge in [0, 0.05) is 11.3 Å². The third kappa shape index (κ3) is 3.18. The first-order valence-corrected chi connectivity index (χ1v) is 10.00. The van der Waals surface area contributed by atoms with Gasteiger partial charge in [0.15, 0.2) is 0 Å². The number of hydrogen-bond acceptors (Lipinski definition) is 1. The van der Waals surface area contributed by atoms with Crippen molar-refractivity contribution in [2.24, 2.45) is 0 Å². The fourth-order valence-electron chi connectivity index (χ4n) is 4.38. The van der Waals surface area contributed by atoms with Gasteiger partial charge in [0.25, 0.3) is 0 Å². The van der Waals surface area contributed by atoms with Crippen LogP contribution >= 0.6 is 0 Å². The molecule has 0 N–H and O–H groups in total. The molecule has 3 aromatic rings. The number of aromatic nitrogens is 1. The number of nitrogens with zero attached hydrogens (tertiary/aromatic N) is 1. The van der Waals surface area contributed by atoms with Gasteiger partial charge in [0.05, 0.1) is 5.69 Å². The van der Waals surface area contributed by atoms with Gasteiger partial charge >= 0.3 is 0 Å². The summed E-state index contributed by atoms with van der Waals surface area (Å²) in [6, 6.07) is 15.6. The molecule has 0 saturated heterocycles. The molecule has 0 atom stereocenters. The van der Waals surface area contributed by atoms with Crippen LogP contribution in [0, 0.1) is 5.82 Å². The summed E-state index contributed by atoms with van der Waals surface area (Å²) in [6.07, 6.45) is 4.13. The van der Waals surface area contributed by atoms with Gasteiger partial charge in [-0.1, -0.05) is 57.2 Å². The molecule has 4 rings (SSSR count). The van der Waals surface area contributed by atoms with Crippen LogP contribution in [-0.2, 0) is 19.3 Å². The Kier molecular flexibility index (Phi) is 4.82. The minimum atomic E-state index is -0.189. The maximum absolute atomic E-state index is 13.6. The molecular formula is C25H26FN. The van der Waals surface area contributed by atoms with Gasteiger partial charge in [0.2, 0.25) is 0 Å². The molecule has 0 saturated carbocycles. The number of aryl methyl sites for hydroxylation is 1. The van der Waals surface area contributed by atoms with E-state index in [0.717, 1.165) is 36.9 Å². The van der Waals surface area contributed by atoms with E-state index in [0.29, 0.717) is 5.92 Å². The van der Waals surface area contributed by atoms with Gasteiger partial charge in [-0.3, -0.25) is 4.98 Å². The lowest BCUT2D eigenvalue weighted by atomic mass is 9.86. The molecular weight excluding hydrogens is 333 g/mol. The van der Waals surface area contributed by atoms with Crippen molar-refractivity contribution in [2.45, 2.75) is 52.4 Å². The van der Waals surface area contributed by atoms with E-state index >= 15 is 0 Å². The second-order valence-corrected chi connectivity index (χ2v) is 7.70.